The van der Waals surface area contributed by atoms with Crippen molar-refractivity contribution in [2.45, 2.75) is 50.5 Å². The molecule has 4 nitrogen and oxygen atoms in total. The van der Waals surface area contributed by atoms with Crippen LogP contribution in [0.4, 0.5) is 0 Å². The molecule has 0 aromatic carbocycles. The van der Waals surface area contributed by atoms with E-state index in [0.717, 1.165) is 25.7 Å². The van der Waals surface area contributed by atoms with E-state index in [4.69, 9.17) is 0 Å². The summed E-state index contributed by atoms with van der Waals surface area (Å²) in [5.74, 6) is 1.00. The third-order valence-corrected chi connectivity index (χ3v) is 6.74. The van der Waals surface area contributed by atoms with Crippen LogP contribution in [0.5, 0.6) is 0 Å². The van der Waals surface area contributed by atoms with Crippen LogP contribution in [0, 0.1) is 11.8 Å². The average molecular weight is 273 g/mol. The van der Waals surface area contributed by atoms with Crippen molar-refractivity contribution < 1.29 is 13.5 Å². The lowest BCUT2D eigenvalue weighted by Crippen LogP contribution is -2.65. The Balaban J connectivity index is 1.55. The van der Waals surface area contributed by atoms with Gasteiger partial charge in [-0.15, -0.1) is 0 Å². The van der Waals surface area contributed by atoms with Gasteiger partial charge in [-0.1, -0.05) is 19.3 Å². The highest BCUT2D eigenvalue weighted by Crippen LogP contribution is 2.45. The van der Waals surface area contributed by atoms with Crippen molar-refractivity contribution in [2.75, 3.05) is 18.8 Å². The molecule has 0 bridgehead atoms. The molecule has 2 saturated carbocycles. The van der Waals surface area contributed by atoms with Crippen molar-refractivity contribution in [1.29, 1.82) is 0 Å². The second-order valence-corrected chi connectivity index (χ2v) is 8.44. The zero-order valence-electron chi connectivity index (χ0n) is 10.8. The number of hydrogen-bond acceptors (Lipinski definition) is 3. The summed E-state index contributed by atoms with van der Waals surface area (Å²) in [6.07, 6.45) is 7.83. The third-order valence-electron chi connectivity index (χ3n) is 4.80. The van der Waals surface area contributed by atoms with Gasteiger partial charge in [-0.05, 0) is 37.5 Å². The van der Waals surface area contributed by atoms with Crippen molar-refractivity contribution in [2.24, 2.45) is 11.8 Å². The maximum Gasteiger partial charge on any atom is 0.214 e. The Hall–Kier alpha value is -0.130. The van der Waals surface area contributed by atoms with E-state index in [1.54, 1.807) is 0 Å². The molecule has 0 aromatic heterocycles. The van der Waals surface area contributed by atoms with Gasteiger partial charge in [0.15, 0.2) is 0 Å². The summed E-state index contributed by atoms with van der Waals surface area (Å²) in [6.45, 7) is 0.680. The van der Waals surface area contributed by atoms with Crippen LogP contribution in [0.3, 0.4) is 0 Å². The molecule has 1 saturated heterocycles. The Kier molecular flexibility index (Phi) is 3.19. The second-order valence-electron chi connectivity index (χ2n) is 6.43. The van der Waals surface area contributed by atoms with Gasteiger partial charge in [0.05, 0.1) is 11.4 Å². The lowest BCUT2D eigenvalue weighted by molar-refractivity contribution is -0.0766. The lowest BCUT2D eigenvalue weighted by Gasteiger charge is -2.46. The van der Waals surface area contributed by atoms with E-state index in [9.17, 15) is 13.5 Å². The zero-order chi connectivity index (χ0) is 12.8. The molecule has 0 spiro atoms. The average Bonchev–Trinajstić information content (AvgIpc) is 3.09. The number of hydrogen-bond donors (Lipinski definition) is 1. The van der Waals surface area contributed by atoms with E-state index < -0.39 is 15.6 Å². The van der Waals surface area contributed by atoms with Gasteiger partial charge < -0.3 is 5.11 Å². The van der Waals surface area contributed by atoms with Crippen LogP contribution in [0.25, 0.3) is 0 Å². The molecule has 104 valence electrons. The summed E-state index contributed by atoms with van der Waals surface area (Å²) < 4.78 is 26.0. The van der Waals surface area contributed by atoms with Gasteiger partial charge in [0, 0.05) is 13.1 Å². The van der Waals surface area contributed by atoms with Crippen molar-refractivity contribution in [3.63, 3.8) is 0 Å². The topological polar surface area (TPSA) is 57.6 Å². The summed E-state index contributed by atoms with van der Waals surface area (Å²) >= 11 is 0. The quantitative estimate of drug-likeness (QED) is 0.841. The van der Waals surface area contributed by atoms with E-state index in [0.29, 0.717) is 30.7 Å². The van der Waals surface area contributed by atoms with Gasteiger partial charge in [0.25, 0.3) is 0 Å². The van der Waals surface area contributed by atoms with Crippen molar-refractivity contribution in [3.05, 3.63) is 0 Å². The highest BCUT2D eigenvalue weighted by molar-refractivity contribution is 7.89. The Morgan fingerprint density at radius 1 is 1.06 bits per heavy atom. The molecule has 0 radical (unpaired) electrons. The minimum Gasteiger partial charge on any atom is -0.387 e. The highest BCUT2D eigenvalue weighted by atomic mass is 32.2. The first-order valence-electron chi connectivity index (χ1n) is 7.20. The summed E-state index contributed by atoms with van der Waals surface area (Å²) in [4.78, 5) is 0. The van der Waals surface area contributed by atoms with Gasteiger partial charge in [-0.25, -0.2) is 8.42 Å². The summed E-state index contributed by atoms with van der Waals surface area (Å²) in [6, 6.07) is 0. The molecule has 3 fully saturated rings. The van der Waals surface area contributed by atoms with Crippen LogP contribution >= 0.6 is 0 Å². The van der Waals surface area contributed by atoms with Crippen LogP contribution in [0.15, 0.2) is 0 Å². The molecule has 18 heavy (non-hydrogen) atoms. The second kappa shape index (κ2) is 4.46. The van der Waals surface area contributed by atoms with Gasteiger partial charge >= 0.3 is 0 Å². The first kappa shape index (κ1) is 12.9. The first-order valence-corrected chi connectivity index (χ1v) is 8.81. The Bertz CT molecular complexity index is 404. The number of nitrogens with zero attached hydrogens (tertiary/aromatic N) is 1. The number of rotatable bonds is 4. The minimum atomic E-state index is -3.13. The number of aliphatic hydroxyl groups is 1. The molecule has 2 aliphatic carbocycles. The molecule has 0 aromatic rings. The molecule has 3 rings (SSSR count). The Morgan fingerprint density at radius 3 is 2.22 bits per heavy atom. The molecule has 3 aliphatic rings. The first-order chi connectivity index (χ1) is 8.50. The molecule has 1 aliphatic heterocycles. The van der Waals surface area contributed by atoms with Crippen molar-refractivity contribution in [1.82, 2.24) is 4.31 Å². The normalized spacial score (nSPS) is 30.1. The van der Waals surface area contributed by atoms with Gasteiger partial charge in [-0.3, -0.25) is 0 Å². The van der Waals surface area contributed by atoms with Crippen molar-refractivity contribution >= 4 is 10.0 Å². The largest absolute Gasteiger partial charge is 0.387 e. The van der Waals surface area contributed by atoms with Crippen molar-refractivity contribution in [3.8, 4) is 0 Å². The van der Waals surface area contributed by atoms with E-state index in [-0.39, 0.29) is 0 Å². The third kappa shape index (κ3) is 2.45. The van der Waals surface area contributed by atoms with E-state index >= 15 is 0 Å². The van der Waals surface area contributed by atoms with Crippen LogP contribution in [-0.2, 0) is 10.0 Å². The predicted molar refractivity (Wildman–Crippen MR) is 69.6 cm³/mol. The fraction of sp³-hybridized carbons (Fsp3) is 1.00. The summed E-state index contributed by atoms with van der Waals surface area (Å²) in [7, 11) is -3.13. The molecule has 1 heterocycles. The fourth-order valence-electron chi connectivity index (χ4n) is 3.40. The van der Waals surface area contributed by atoms with Crippen LogP contribution in [-0.4, -0.2) is 42.3 Å². The molecule has 0 amide bonds. The lowest BCUT2D eigenvalue weighted by atomic mass is 9.91. The smallest absolute Gasteiger partial charge is 0.214 e. The summed E-state index contributed by atoms with van der Waals surface area (Å²) in [5, 5.41) is 10.2. The van der Waals surface area contributed by atoms with Crippen LogP contribution in [0.2, 0.25) is 0 Å². The van der Waals surface area contributed by atoms with Gasteiger partial charge in [-0.2, -0.15) is 4.31 Å². The maximum absolute atomic E-state index is 12.2. The van der Waals surface area contributed by atoms with Gasteiger partial charge in [0.2, 0.25) is 10.0 Å². The molecule has 1 N–H and O–H groups in total. The van der Waals surface area contributed by atoms with Crippen LogP contribution < -0.4 is 0 Å². The Labute approximate surface area is 109 Å². The number of sulfonamides is 1. The standard InChI is InChI=1S/C13H23NO3S/c15-13(12-6-7-12)9-14(10-13)18(16,17)8-11-4-2-1-3-5-11/h11-12,15H,1-10H2. The van der Waals surface area contributed by atoms with E-state index in [2.05, 4.69) is 0 Å². The zero-order valence-corrected chi connectivity index (χ0v) is 11.7. The molecule has 0 atom stereocenters. The van der Waals surface area contributed by atoms with E-state index in [1.165, 1.54) is 23.6 Å². The fourth-order valence-corrected chi connectivity index (χ4v) is 5.38. The summed E-state index contributed by atoms with van der Waals surface area (Å²) in [5.41, 5.74) is -0.695. The maximum atomic E-state index is 12.2. The minimum absolute atomic E-state index is 0.299. The molecular weight excluding hydrogens is 250 g/mol. The number of β-amino-alcohol motifs (C(OH)–C–C–N with tert-alkyl or cyclic N) is 1. The predicted octanol–water partition coefficient (Wildman–Crippen LogP) is 1.35. The molecule has 0 unspecified atom stereocenters. The highest BCUT2D eigenvalue weighted by Gasteiger charge is 2.55. The SMILES string of the molecule is O=S(=O)(CC1CCCCC1)N1CC(O)(C2CC2)C1. The molecular formula is C13H23NO3S. The Morgan fingerprint density at radius 2 is 1.67 bits per heavy atom. The monoisotopic (exact) mass is 273 g/mol. The van der Waals surface area contributed by atoms with Crippen LogP contribution in [0.1, 0.15) is 44.9 Å². The molecule has 5 heteroatoms. The van der Waals surface area contributed by atoms with Gasteiger partial charge in [0.1, 0.15) is 0 Å². The van der Waals surface area contributed by atoms with E-state index in [1.807, 2.05) is 0 Å².